The van der Waals surface area contributed by atoms with Crippen molar-refractivity contribution in [3.63, 3.8) is 0 Å². The monoisotopic (exact) mass is 259 g/mol. The second-order valence-electron chi connectivity index (χ2n) is 5.51. The van der Waals surface area contributed by atoms with Crippen LogP contribution in [-0.2, 0) is 6.42 Å². The van der Waals surface area contributed by atoms with Crippen LogP contribution in [0.5, 0.6) is 0 Å². The summed E-state index contributed by atoms with van der Waals surface area (Å²) in [5.41, 5.74) is 0.579. The molecule has 1 N–H and O–H groups in total. The van der Waals surface area contributed by atoms with Crippen LogP contribution in [-0.4, -0.2) is 12.1 Å². The largest absolute Gasteiger partial charge is 0.312 e. The van der Waals surface area contributed by atoms with Crippen LogP contribution in [0.3, 0.4) is 0 Å². The smallest absolute Gasteiger partial charge is 0.194 e. The standard InChI is InChI=1S/C14H20F3N/c1-14(2,3)18-7-5-4-6-10-8-11(15)13(17)12(16)9-10/h8-9,18H,4-7H2,1-3H3. The summed E-state index contributed by atoms with van der Waals surface area (Å²) in [4.78, 5) is 0. The predicted octanol–water partition coefficient (Wildman–Crippen LogP) is 3.81. The second kappa shape index (κ2) is 6.23. The molecule has 1 aromatic carbocycles. The van der Waals surface area contributed by atoms with Gasteiger partial charge < -0.3 is 5.32 Å². The maximum absolute atomic E-state index is 12.9. The van der Waals surface area contributed by atoms with Gasteiger partial charge in [-0.1, -0.05) is 0 Å². The van der Waals surface area contributed by atoms with Crippen molar-refractivity contribution < 1.29 is 13.2 Å². The predicted molar refractivity (Wildman–Crippen MR) is 67.0 cm³/mol. The summed E-state index contributed by atoms with van der Waals surface area (Å²) in [5.74, 6) is -3.62. The number of nitrogens with one attached hydrogen (secondary N) is 1. The summed E-state index contributed by atoms with van der Waals surface area (Å²) >= 11 is 0. The molecule has 0 aliphatic carbocycles. The van der Waals surface area contributed by atoms with Crippen molar-refractivity contribution >= 4 is 0 Å². The van der Waals surface area contributed by atoms with Gasteiger partial charge in [0.15, 0.2) is 17.5 Å². The minimum atomic E-state index is -1.40. The van der Waals surface area contributed by atoms with Crippen LogP contribution < -0.4 is 5.32 Å². The van der Waals surface area contributed by atoms with E-state index < -0.39 is 17.5 Å². The van der Waals surface area contributed by atoms with Crippen LogP contribution in [0, 0.1) is 17.5 Å². The van der Waals surface area contributed by atoms with Crippen LogP contribution in [0.4, 0.5) is 13.2 Å². The second-order valence-corrected chi connectivity index (χ2v) is 5.51. The van der Waals surface area contributed by atoms with Crippen LogP contribution in [0.1, 0.15) is 39.2 Å². The van der Waals surface area contributed by atoms with Gasteiger partial charge in [0, 0.05) is 5.54 Å². The van der Waals surface area contributed by atoms with Crippen molar-refractivity contribution in [3.05, 3.63) is 35.1 Å². The Morgan fingerprint density at radius 1 is 1.00 bits per heavy atom. The quantitative estimate of drug-likeness (QED) is 0.626. The number of hydrogen-bond acceptors (Lipinski definition) is 1. The van der Waals surface area contributed by atoms with Gasteiger partial charge in [-0.05, 0) is 64.3 Å². The molecule has 0 bridgehead atoms. The number of benzene rings is 1. The summed E-state index contributed by atoms with van der Waals surface area (Å²) in [7, 11) is 0. The highest BCUT2D eigenvalue weighted by Gasteiger charge is 2.10. The Bertz CT molecular complexity index is 374. The fraction of sp³-hybridized carbons (Fsp3) is 0.571. The van der Waals surface area contributed by atoms with E-state index in [2.05, 4.69) is 26.1 Å². The van der Waals surface area contributed by atoms with Gasteiger partial charge in [0.25, 0.3) is 0 Å². The fourth-order valence-electron chi connectivity index (χ4n) is 1.67. The lowest BCUT2D eigenvalue weighted by Crippen LogP contribution is -2.36. The van der Waals surface area contributed by atoms with Crippen LogP contribution in [0.25, 0.3) is 0 Å². The average molecular weight is 259 g/mol. The molecule has 0 saturated carbocycles. The fourth-order valence-corrected chi connectivity index (χ4v) is 1.67. The lowest BCUT2D eigenvalue weighted by molar-refractivity contribution is 0.418. The average Bonchev–Trinajstić information content (AvgIpc) is 2.23. The third-order valence-electron chi connectivity index (χ3n) is 2.59. The highest BCUT2D eigenvalue weighted by molar-refractivity contribution is 5.19. The third kappa shape index (κ3) is 5.08. The number of unbranched alkanes of at least 4 members (excludes halogenated alkanes) is 1. The molecule has 0 aliphatic rings. The first-order chi connectivity index (χ1) is 8.29. The first-order valence-corrected chi connectivity index (χ1v) is 6.18. The Balaban J connectivity index is 2.36. The minimum Gasteiger partial charge on any atom is -0.312 e. The number of halogens is 3. The molecule has 0 amide bonds. The van der Waals surface area contributed by atoms with Crippen molar-refractivity contribution in [1.29, 1.82) is 0 Å². The highest BCUT2D eigenvalue weighted by atomic mass is 19.2. The first-order valence-electron chi connectivity index (χ1n) is 6.18. The number of aryl methyl sites for hydroxylation is 1. The zero-order valence-electron chi connectivity index (χ0n) is 11.1. The van der Waals surface area contributed by atoms with Crippen LogP contribution >= 0.6 is 0 Å². The van der Waals surface area contributed by atoms with Crippen molar-refractivity contribution in [3.8, 4) is 0 Å². The van der Waals surface area contributed by atoms with E-state index in [1.54, 1.807) is 0 Å². The summed E-state index contributed by atoms with van der Waals surface area (Å²) in [6.07, 6.45) is 2.28. The molecule has 0 heterocycles. The maximum Gasteiger partial charge on any atom is 0.194 e. The van der Waals surface area contributed by atoms with Crippen LogP contribution in [0.15, 0.2) is 12.1 Å². The van der Waals surface area contributed by atoms with E-state index in [-0.39, 0.29) is 5.54 Å². The van der Waals surface area contributed by atoms with Crippen molar-refractivity contribution in [2.45, 2.75) is 45.6 Å². The summed E-state index contributed by atoms with van der Waals surface area (Å²) in [6, 6.07) is 2.13. The Labute approximate surface area is 106 Å². The van der Waals surface area contributed by atoms with E-state index in [0.717, 1.165) is 31.5 Å². The molecule has 102 valence electrons. The molecule has 1 rings (SSSR count). The maximum atomic E-state index is 12.9. The summed E-state index contributed by atoms with van der Waals surface area (Å²) in [5, 5.41) is 3.33. The molecule has 1 aromatic rings. The van der Waals surface area contributed by atoms with Gasteiger partial charge in [-0.3, -0.25) is 0 Å². The molecule has 0 radical (unpaired) electrons. The van der Waals surface area contributed by atoms with Gasteiger partial charge in [-0.2, -0.15) is 0 Å². The normalized spacial score (nSPS) is 11.9. The number of hydrogen-bond donors (Lipinski definition) is 1. The zero-order valence-corrected chi connectivity index (χ0v) is 11.1. The van der Waals surface area contributed by atoms with E-state index in [0.29, 0.717) is 12.0 Å². The summed E-state index contributed by atoms with van der Waals surface area (Å²) in [6.45, 7) is 7.10. The van der Waals surface area contributed by atoms with Gasteiger partial charge in [0.2, 0.25) is 0 Å². The SMILES string of the molecule is CC(C)(C)NCCCCc1cc(F)c(F)c(F)c1. The molecule has 0 atom stereocenters. The van der Waals surface area contributed by atoms with Crippen LogP contribution in [0.2, 0.25) is 0 Å². The molecule has 0 aromatic heterocycles. The zero-order chi connectivity index (χ0) is 13.8. The Morgan fingerprint density at radius 2 is 1.56 bits per heavy atom. The lowest BCUT2D eigenvalue weighted by atomic mass is 10.1. The van der Waals surface area contributed by atoms with E-state index in [1.807, 2.05) is 0 Å². The molecule has 1 nitrogen and oxygen atoms in total. The van der Waals surface area contributed by atoms with Gasteiger partial charge in [0.05, 0.1) is 0 Å². The molecular formula is C14H20F3N. The Kier molecular flexibility index (Phi) is 5.20. The molecule has 0 fully saturated rings. The Morgan fingerprint density at radius 3 is 2.06 bits per heavy atom. The van der Waals surface area contributed by atoms with Crippen molar-refractivity contribution in [2.24, 2.45) is 0 Å². The van der Waals surface area contributed by atoms with E-state index in [4.69, 9.17) is 0 Å². The van der Waals surface area contributed by atoms with Crippen molar-refractivity contribution in [1.82, 2.24) is 5.32 Å². The Hall–Kier alpha value is -1.03. The molecule has 4 heteroatoms. The highest BCUT2D eigenvalue weighted by Crippen LogP contribution is 2.15. The van der Waals surface area contributed by atoms with E-state index in [9.17, 15) is 13.2 Å². The van der Waals surface area contributed by atoms with Gasteiger partial charge in [-0.25, -0.2) is 13.2 Å². The third-order valence-corrected chi connectivity index (χ3v) is 2.59. The van der Waals surface area contributed by atoms with Crippen molar-refractivity contribution in [2.75, 3.05) is 6.54 Å². The summed E-state index contributed by atoms with van der Waals surface area (Å²) < 4.78 is 38.6. The molecule has 0 saturated heterocycles. The lowest BCUT2D eigenvalue weighted by Gasteiger charge is -2.20. The molecule has 0 spiro atoms. The molecular weight excluding hydrogens is 239 g/mol. The molecule has 0 unspecified atom stereocenters. The molecule has 0 aliphatic heterocycles. The van der Waals surface area contributed by atoms with Gasteiger partial charge in [0.1, 0.15) is 0 Å². The minimum absolute atomic E-state index is 0.0775. The van der Waals surface area contributed by atoms with E-state index in [1.165, 1.54) is 0 Å². The van der Waals surface area contributed by atoms with Gasteiger partial charge in [-0.15, -0.1) is 0 Å². The van der Waals surface area contributed by atoms with Gasteiger partial charge >= 0.3 is 0 Å². The molecule has 18 heavy (non-hydrogen) atoms. The number of rotatable bonds is 5. The topological polar surface area (TPSA) is 12.0 Å². The van der Waals surface area contributed by atoms with E-state index >= 15 is 0 Å². The first kappa shape index (κ1) is 15.0.